The van der Waals surface area contributed by atoms with Crippen molar-refractivity contribution in [2.45, 2.75) is 50.5 Å². The Kier molecular flexibility index (Phi) is 5.26. The number of aromatic nitrogens is 1. The summed E-state index contributed by atoms with van der Waals surface area (Å²) in [7, 11) is 0. The van der Waals surface area contributed by atoms with Gasteiger partial charge in [0.2, 0.25) is 0 Å². The lowest BCUT2D eigenvalue weighted by molar-refractivity contribution is 0.195. The number of hydrogen-bond donors (Lipinski definition) is 0. The van der Waals surface area contributed by atoms with Gasteiger partial charge in [-0.15, -0.1) is 0 Å². The first-order valence-electron chi connectivity index (χ1n) is 18.5. The first-order chi connectivity index (χ1) is 25.1. The maximum atomic E-state index is 6.76. The number of nitrogens with zero attached hydrogens (tertiary/aromatic N) is 3. The molecule has 8 aromatic rings. The average Bonchev–Trinajstić information content (AvgIpc) is 3.77. The zero-order chi connectivity index (χ0) is 33.6. The highest BCUT2D eigenvalue weighted by Gasteiger charge is 2.61. The SMILES string of the molecule is CC12CCCCC1(C)N1c3cc(N(c4ccccc4)c4ccccc4)cc4c3B(c3cccc2c31)n1c2c-4cccc2c2oc3ccccc3c21. The Morgan fingerprint density at radius 3 is 2.16 bits per heavy atom. The van der Waals surface area contributed by atoms with Crippen LogP contribution in [0.3, 0.4) is 0 Å². The minimum atomic E-state index is -0.0496. The first-order valence-corrected chi connectivity index (χ1v) is 18.5. The third-order valence-corrected chi connectivity index (χ3v) is 13.3. The fourth-order valence-corrected chi connectivity index (χ4v) is 10.9. The molecule has 5 heteroatoms. The summed E-state index contributed by atoms with van der Waals surface area (Å²) in [6.45, 7) is 5.14. The monoisotopic (exact) mass is 657 g/mol. The Hall–Kier alpha value is -5.68. The second-order valence-corrected chi connectivity index (χ2v) is 15.6. The molecule has 0 N–H and O–H groups in total. The van der Waals surface area contributed by atoms with Gasteiger partial charge in [0, 0.05) is 55.7 Å². The van der Waals surface area contributed by atoms with Gasteiger partial charge in [0.1, 0.15) is 5.58 Å². The van der Waals surface area contributed by atoms with Gasteiger partial charge in [-0.2, -0.15) is 0 Å². The van der Waals surface area contributed by atoms with Crippen molar-refractivity contribution in [1.82, 2.24) is 4.48 Å². The zero-order valence-electron chi connectivity index (χ0n) is 28.9. The number of para-hydroxylation sites is 5. The lowest BCUT2D eigenvalue weighted by atomic mass is 9.45. The summed E-state index contributed by atoms with van der Waals surface area (Å²) in [5.74, 6) is 0. The van der Waals surface area contributed by atoms with Crippen molar-refractivity contribution in [3.63, 3.8) is 0 Å². The number of anilines is 5. The van der Waals surface area contributed by atoms with Gasteiger partial charge in [-0.3, -0.25) is 0 Å². The topological polar surface area (TPSA) is 24.6 Å². The van der Waals surface area contributed by atoms with E-state index in [0.29, 0.717) is 0 Å². The summed E-state index contributed by atoms with van der Waals surface area (Å²) in [5, 5.41) is 2.36. The van der Waals surface area contributed by atoms with Gasteiger partial charge in [-0.25, -0.2) is 0 Å². The molecule has 6 aromatic carbocycles. The number of hydrogen-bond acceptors (Lipinski definition) is 3. The molecule has 12 rings (SSSR count). The minimum Gasteiger partial charge on any atom is -0.454 e. The van der Waals surface area contributed by atoms with Crippen molar-refractivity contribution in [3.05, 3.63) is 139 Å². The van der Waals surface area contributed by atoms with Gasteiger partial charge < -0.3 is 18.7 Å². The molecule has 3 aliphatic heterocycles. The summed E-state index contributed by atoms with van der Waals surface area (Å²) in [5.41, 5.74) is 17.6. The number of fused-ring (bicyclic) bond motifs is 12. The van der Waals surface area contributed by atoms with E-state index in [1.54, 1.807) is 0 Å². The summed E-state index contributed by atoms with van der Waals surface area (Å²) >= 11 is 0. The van der Waals surface area contributed by atoms with E-state index in [2.05, 4.69) is 162 Å². The molecule has 244 valence electrons. The van der Waals surface area contributed by atoms with Crippen LogP contribution in [0.2, 0.25) is 0 Å². The molecule has 0 amide bonds. The Labute approximate surface area is 297 Å². The van der Waals surface area contributed by atoms with Gasteiger partial charge in [0.15, 0.2) is 5.58 Å². The fourth-order valence-electron chi connectivity index (χ4n) is 10.9. The van der Waals surface area contributed by atoms with Crippen LogP contribution < -0.4 is 20.7 Å². The molecule has 2 aromatic heterocycles. The highest BCUT2D eigenvalue weighted by Crippen LogP contribution is 2.62. The van der Waals surface area contributed by atoms with Crippen LogP contribution in [0.25, 0.3) is 44.1 Å². The van der Waals surface area contributed by atoms with E-state index in [4.69, 9.17) is 4.42 Å². The molecule has 0 spiro atoms. The fraction of sp³-hybridized carbons (Fsp3) is 0.174. The maximum Gasteiger partial charge on any atom is 0.333 e. The second kappa shape index (κ2) is 9.55. The van der Waals surface area contributed by atoms with Crippen LogP contribution in [-0.2, 0) is 5.41 Å². The molecule has 0 radical (unpaired) electrons. The van der Waals surface area contributed by atoms with E-state index in [1.165, 1.54) is 92.2 Å². The van der Waals surface area contributed by atoms with Crippen molar-refractivity contribution >= 4 is 79.2 Å². The van der Waals surface area contributed by atoms with E-state index in [1.807, 2.05) is 0 Å². The van der Waals surface area contributed by atoms with Crippen LogP contribution in [0.4, 0.5) is 28.4 Å². The molecule has 51 heavy (non-hydrogen) atoms. The van der Waals surface area contributed by atoms with Gasteiger partial charge >= 0.3 is 6.85 Å². The van der Waals surface area contributed by atoms with Crippen molar-refractivity contribution < 1.29 is 4.42 Å². The van der Waals surface area contributed by atoms with E-state index >= 15 is 0 Å². The zero-order valence-corrected chi connectivity index (χ0v) is 28.9. The van der Waals surface area contributed by atoms with Crippen molar-refractivity contribution in [2.75, 3.05) is 9.80 Å². The Morgan fingerprint density at radius 2 is 1.35 bits per heavy atom. The van der Waals surface area contributed by atoms with Crippen molar-refractivity contribution in [1.29, 1.82) is 0 Å². The average molecular weight is 658 g/mol. The van der Waals surface area contributed by atoms with Gasteiger partial charge in [-0.05, 0) is 96.4 Å². The summed E-state index contributed by atoms with van der Waals surface area (Å²) in [6.07, 6.45) is 4.89. The highest BCUT2D eigenvalue weighted by molar-refractivity contribution is 6.90. The van der Waals surface area contributed by atoms with E-state index in [-0.39, 0.29) is 17.8 Å². The first kappa shape index (κ1) is 28.1. The molecule has 4 aliphatic rings. The van der Waals surface area contributed by atoms with Crippen LogP contribution >= 0.6 is 0 Å². The molecular weight excluding hydrogens is 621 g/mol. The van der Waals surface area contributed by atoms with Crippen LogP contribution in [0.15, 0.2) is 138 Å². The molecular formula is C46H36BN3O. The Balaban J connectivity index is 1.26. The third-order valence-electron chi connectivity index (χ3n) is 13.3. The Bertz CT molecular complexity index is 2730. The van der Waals surface area contributed by atoms with Gasteiger partial charge in [0.25, 0.3) is 0 Å². The highest BCUT2D eigenvalue weighted by atomic mass is 16.3. The predicted octanol–water partition coefficient (Wildman–Crippen LogP) is 10.7. The molecule has 5 heterocycles. The minimum absolute atomic E-state index is 0.0143. The van der Waals surface area contributed by atoms with Crippen LogP contribution in [0.1, 0.15) is 45.1 Å². The number of furan rings is 1. The number of rotatable bonds is 3. The molecule has 0 bridgehead atoms. The van der Waals surface area contributed by atoms with E-state index in [0.717, 1.165) is 22.5 Å². The molecule has 0 saturated heterocycles. The largest absolute Gasteiger partial charge is 0.454 e. The van der Waals surface area contributed by atoms with Gasteiger partial charge in [-0.1, -0.05) is 98.6 Å². The predicted molar refractivity (Wildman–Crippen MR) is 213 cm³/mol. The van der Waals surface area contributed by atoms with Crippen LogP contribution in [-0.4, -0.2) is 16.9 Å². The summed E-state index contributed by atoms with van der Waals surface area (Å²) in [4.78, 5) is 5.27. The molecule has 1 aliphatic carbocycles. The maximum absolute atomic E-state index is 6.76. The molecule has 2 atom stereocenters. The quantitative estimate of drug-likeness (QED) is 0.177. The van der Waals surface area contributed by atoms with Gasteiger partial charge in [0.05, 0.1) is 11.1 Å². The molecule has 1 fully saturated rings. The second-order valence-electron chi connectivity index (χ2n) is 15.6. The molecule has 2 unspecified atom stereocenters. The van der Waals surface area contributed by atoms with Crippen molar-refractivity contribution in [2.24, 2.45) is 0 Å². The van der Waals surface area contributed by atoms with E-state index < -0.39 is 0 Å². The number of benzene rings is 6. The third kappa shape index (κ3) is 3.29. The normalized spacial score (nSPS) is 20.9. The molecule has 1 saturated carbocycles. The Morgan fingerprint density at radius 1 is 0.647 bits per heavy atom. The summed E-state index contributed by atoms with van der Waals surface area (Å²) < 4.78 is 9.42. The molecule has 4 nitrogen and oxygen atoms in total. The summed E-state index contributed by atoms with van der Waals surface area (Å²) in [6, 6.07) is 49.4. The van der Waals surface area contributed by atoms with Crippen LogP contribution in [0, 0.1) is 0 Å². The lowest BCUT2D eigenvalue weighted by Crippen LogP contribution is -2.61. The lowest BCUT2D eigenvalue weighted by Gasteiger charge is -2.52. The van der Waals surface area contributed by atoms with E-state index in [9.17, 15) is 0 Å². The smallest absolute Gasteiger partial charge is 0.333 e. The standard InChI is InChI=1S/C46H36BN3O/c1-45-25-11-12-26-46(45,2)49-38-28-31(48(29-15-5-3-6-16-29)30-17-7-4-8-18-30)27-35-32-20-13-21-34-41(32)50(42-33-19-9-10-24-39(33)51-44(34)42)47(40(35)38)37-23-14-22-36(45)43(37)49/h3-10,13-24,27-28H,11-12,25-26H2,1-2H3. The van der Waals surface area contributed by atoms with Crippen molar-refractivity contribution in [3.8, 4) is 11.1 Å². The van der Waals surface area contributed by atoms with Crippen LogP contribution in [0.5, 0.6) is 0 Å².